The molecule has 3 aliphatic heterocycles. The second-order valence-electron chi connectivity index (χ2n) is 22.6. The Balaban J connectivity index is 1.09. The second kappa shape index (κ2) is 32.6. The first kappa shape index (κ1) is 70.8. The number of hydrogen-bond donors (Lipinski definition) is 12. The maximum Gasteiger partial charge on any atom is 0.317 e. The minimum Gasteiger partial charge on any atom is -0.496 e. The van der Waals surface area contributed by atoms with Crippen LogP contribution < -0.4 is 30.7 Å². The number of carbonyl (C=O) groups is 8. The molecule has 2 saturated heterocycles. The molecule has 0 radical (unpaired) electrons. The maximum atomic E-state index is 14.5. The number of anilines is 1. The van der Waals surface area contributed by atoms with E-state index in [1.165, 1.54) is 19.5 Å². The van der Waals surface area contributed by atoms with Crippen molar-refractivity contribution >= 4 is 76.3 Å². The van der Waals surface area contributed by atoms with E-state index >= 15 is 0 Å². The minimum atomic E-state index is -2.00. The molecule has 2 aromatic carbocycles. The predicted octanol–water partition coefficient (Wildman–Crippen LogP) is -1.59. The Morgan fingerprint density at radius 2 is 1.29 bits per heavy atom. The molecule has 7 rings (SSSR count). The lowest BCUT2D eigenvalue weighted by Gasteiger charge is -2.41. The molecule has 0 bridgehead atoms. The topological polar surface area (TPSA) is 421 Å². The van der Waals surface area contributed by atoms with Crippen molar-refractivity contribution in [3.63, 3.8) is 0 Å². The molecule has 5 amide bonds. The quantitative estimate of drug-likeness (QED) is 0.0337. The van der Waals surface area contributed by atoms with Gasteiger partial charge >= 0.3 is 17.9 Å². The molecule has 0 aliphatic carbocycles. The first-order chi connectivity index (χ1) is 43.2. The predicted molar refractivity (Wildman–Crippen MR) is 325 cm³/mol. The van der Waals surface area contributed by atoms with Crippen LogP contribution in [0.1, 0.15) is 42.7 Å². The van der Waals surface area contributed by atoms with E-state index < -0.39 is 130 Å². The molecule has 5 heterocycles. The number of morpholine rings is 1. The number of ether oxygens (including phenoxy) is 3. The molecule has 4 aromatic rings. The highest BCUT2D eigenvalue weighted by Crippen LogP contribution is 2.47. The number of aliphatic carboxylic acids is 3. The van der Waals surface area contributed by atoms with E-state index in [2.05, 4.69) is 26.3 Å². The Labute approximate surface area is 532 Å². The van der Waals surface area contributed by atoms with Crippen molar-refractivity contribution in [2.75, 3.05) is 130 Å². The number of methoxy groups -OCH3 is 1. The van der Waals surface area contributed by atoms with E-state index in [9.17, 15) is 74.1 Å². The zero-order valence-corrected chi connectivity index (χ0v) is 51.8. The summed E-state index contributed by atoms with van der Waals surface area (Å²) < 4.78 is 19.5. The third-order valence-electron chi connectivity index (χ3n) is 15.4. The van der Waals surface area contributed by atoms with Gasteiger partial charge in [0.25, 0.3) is 5.91 Å². The van der Waals surface area contributed by atoms with Crippen molar-refractivity contribution in [2.45, 2.75) is 69.3 Å². The summed E-state index contributed by atoms with van der Waals surface area (Å²) in [4.78, 5) is 117. The van der Waals surface area contributed by atoms with Gasteiger partial charge in [-0.2, -0.15) is 5.10 Å². The molecule has 5 unspecified atom stereocenters. The number of amides is 5. The Morgan fingerprint density at radius 3 is 1.85 bits per heavy atom. The number of nitrogens with zero attached hydrogens (tertiary/aromatic N) is 8. The number of carbonyl (C=O) groups excluding carboxylic acids is 5. The Kier molecular flexibility index (Phi) is 25.3. The number of aromatic nitrogens is 3. The summed E-state index contributed by atoms with van der Waals surface area (Å²) in [5.41, 5.74) is 2.48. The van der Waals surface area contributed by atoms with E-state index in [0.717, 1.165) is 0 Å². The lowest BCUT2D eigenvalue weighted by Crippen LogP contribution is -2.55. The summed E-state index contributed by atoms with van der Waals surface area (Å²) in [6.45, 7) is 1.47. The Hall–Kier alpha value is -7.66. The summed E-state index contributed by atoms with van der Waals surface area (Å²) in [6.07, 6.45) is -5.69. The SMILES string of the molecule is COc1cc2c(cc1-c1cncc(NC(=O)CNC(=O)C(CCC(=O)NCC(O)C(O)C(O)C(O)CO)NC(=O)CN3CCN(CC(=O)O)CCN(CC(=O)O)CCN(CC(=O)O)CC3)c1)-c1c(c(C(=O)N3CCOCC3(C)C)nn1-c1cc(Cl)cc(Cl)c1)CO2. The van der Waals surface area contributed by atoms with Gasteiger partial charge in [0.1, 0.15) is 42.5 Å². The molecular formula is C58H76Cl2N12O19. The lowest BCUT2D eigenvalue weighted by atomic mass is 9.95. The van der Waals surface area contributed by atoms with Crippen molar-refractivity contribution in [2.24, 2.45) is 0 Å². The van der Waals surface area contributed by atoms with Crippen molar-refractivity contribution in [3.8, 4) is 39.6 Å². The molecule has 91 heavy (non-hydrogen) atoms. The van der Waals surface area contributed by atoms with Crippen LogP contribution in [0, 0.1) is 0 Å². The first-order valence-corrected chi connectivity index (χ1v) is 29.8. The van der Waals surface area contributed by atoms with Gasteiger partial charge in [0, 0.05) is 116 Å². The minimum absolute atomic E-state index is 0.0393. The molecule has 0 saturated carbocycles. The van der Waals surface area contributed by atoms with E-state index in [1.54, 1.807) is 65.6 Å². The van der Waals surface area contributed by atoms with E-state index in [0.29, 0.717) is 74.9 Å². The standard InChI is InChI=1S/C58H76Cl2N12O19/c1-58(2)32-90-15-14-71(58)57(88)52-40-31-91-45-21-44(89-3)38(20-39(45)53(40)72(66-52)37-18-34(59)17-35(60)19-37)33-16-36(23-61-22-33)64-47(77)25-63-56(87)41(4-5-46(76)62-24-42(74)54(85)55(86)43(75)30-73)65-48(78)26-67-6-8-68(27-49(79)80)10-12-70(29-51(83)84)13-11-69(9-7-67)28-50(81)82/h16-23,41-43,54-55,73-75,85-86H,4-15,24-32H2,1-3H3,(H,62,76)(H,63,87)(H,64,77)(H,65,78)(H,79,80)(H,81,82)(H,83,84). The van der Waals surface area contributed by atoms with Gasteiger partial charge in [-0.15, -0.1) is 0 Å². The van der Waals surface area contributed by atoms with Crippen LogP contribution in [0.3, 0.4) is 0 Å². The summed E-state index contributed by atoms with van der Waals surface area (Å²) in [5, 5.41) is 94.0. The molecule has 2 fully saturated rings. The van der Waals surface area contributed by atoms with E-state index in [4.69, 9.17) is 47.6 Å². The highest BCUT2D eigenvalue weighted by molar-refractivity contribution is 6.35. The van der Waals surface area contributed by atoms with Gasteiger partial charge in [-0.05, 0) is 50.6 Å². The number of aliphatic hydroxyl groups is 5. The number of benzene rings is 2. The summed E-state index contributed by atoms with van der Waals surface area (Å²) in [5.74, 6) is -6.36. The summed E-state index contributed by atoms with van der Waals surface area (Å²) in [7, 11) is 1.45. The van der Waals surface area contributed by atoms with Gasteiger partial charge in [-0.25, -0.2) is 4.68 Å². The number of pyridine rings is 1. The van der Waals surface area contributed by atoms with Crippen LogP contribution >= 0.6 is 23.2 Å². The second-order valence-corrected chi connectivity index (χ2v) is 23.5. The number of carboxylic acids is 3. The molecule has 12 N–H and O–H groups in total. The number of halogens is 2. The fourth-order valence-electron chi connectivity index (χ4n) is 10.6. The number of rotatable bonds is 26. The van der Waals surface area contributed by atoms with Crippen molar-refractivity contribution in [1.82, 2.24) is 55.2 Å². The van der Waals surface area contributed by atoms with Gasteiger partial charge < -0.3 is 81.2 Å². The van der Waals surface area contributed by atoms with Gasteiger partial charge in [-0.3, -0.25) is 62.9 Å². The van der Waals surface area contributed by atoms with Crippen LogP contribution in [0.15, 0.2) is 48.8 Å². The van der Waals surface area contributed by atoms with Crippen LogP contribution in [0.4, 0.5) is 5.69 Å². The summed E-state index contributed by atoms with van der Waals surface area (Å²) >= 11 is 13.0. The monoisotopic (exact) mass is 1310 g/mol. The molecule has 0 spiro atoms. The van der Waals surface area contributed by atoms with Gasteiger partial charge in [0.05, 0.1) is 94.6 Å². The highest BCUT2D eigenvalue weighted by Gasteiger charge is 2.40. The highest BCUT2D eigenvalue weighted by atomic mass is 35.5. The number of hydrogen-bond acceptors (Lipinski definition) is 22. The number of carboxylic acid groups (broad SMARTS) is 3. The van der Waals surface area contributed by atoms with Crippen molar-refractivity contribution in [3.05, 3.63) is 70.1 Å². The molecule has 3 aliphatic rings. The fraction of sp³-hybridized carbons (Fsp3) is 0.517. The van der Waals surface area contributed by atoms with Gasteiger partial charge in [-0.1, -0.05) is 23.2 Å². The van der Waals surface area contributed by atoms with Crippen LogP contribution in [-0.4, -0.2) is 289 Å². The van der Waals surface area contributed by atoms with Crippen LogP contribution in [0.2, 0.25) is 10.0 Å². The van der Waals surface area contributed by atoms with Gasteiger partial charge in [0.15, 0.2) is 5.69 Å². The third-order valence-corrected chi connectivity index (χ3v) is 15.8. The maximum absolute atomic E-state index is 14.5. The molecular weight excluding hydrogens is 1240 g/mol. The van der Waals surface area contributed by atoms with Crippen LogP contribution in [0.5, 0.6) is 11.5 Å². The van der Waals surface area contributed by atoms with Crippen molar-refractivity contribution < 1.29 is 93.4 Å². The zero-order valence-electron chi connectivity index (χ0n) is 50.3. The third kappa shape index (κ3) is 19.7. The normalized spacial score (nSPS) is 17.6. The van der Waals surface area contributed by atoms with Crippen LogP contribution in [0.25, 0.3) is 28.1 Å². The average molecular weight is 1320 g/mol. The Bertz CT molecular complexity index is 3230. The molecule has 5 atom stereocenters. The molecule has 33 heteroatoms. The van der Waals surface area contributed by atoms with Crippen molar-refractivity contribution in [1.29, 1.82) is 0 Å². The molecule has 2 aromatic heterocycles. The largest absolute Gasteiger partial charge is 0.496 e. The fourth-order valence-corrected chi connectivity index (χ4v) is 11.1. The van der Waals surface area contributed by atoms with Gasteiger partial charge in [0.2, 0.25) is 23.6 Å². The number of nitrogens with one attached hydrogen (secondary N) is 4. The zero-order chi connectivity index (χ0) is 66.3. The Morgan fingerprint density at radius 1 is 0.703 bits per heavy atom. The lowest BCUT2D eigenvalue weighted by molar-refractivity contribution is -0.140. The van der Waals surface area contributed by atoms with Crippen LogP contribution in [-0.2, 0) is 44.9 Å². The number of aliphatic hydroxyl groups excluding tert-OH is 5. The molecule has 31 nitrogen and oxygen atoms in total. The number of fused-ring (bicyclic) bond motifs is 3. The average Bonchev–Trinajstić information content (AvgIpc) is 1.64. The van der Waals surface area contributed by atoms with E-state index in [-0.39, 0.29) is 82.8 Å². The molecule has 496 valence electrons. The van der Waals surface area contributed by atoms with E-state index in [1.807, 2.05) is 13.8 Å². The smallest absolute Gasteiger partial charge is 0.317 e. The summed E-state index contributed by atoms with van der Waals surface area (Å²) in [6, 6.07) is 8.37. The first-order valence-electron chi connectivity index (χ1n) is 29.0.